The van der Waals surface area contributed by atoms with Crippen LogP contribution < -0.4 is 0 Å². The number of halogens is 1. The summed E-state index contributed by atoms with van der Waals surface area (Å²) in [5.41, 5.74) is 4.56. The van der Waals surface area contributed by atoms with Gasteiger partial charge in [0.2, 0.25) is 0 Å². The summed E-state index contributed by atoms with van der Waals surface area (Å²) in [7, 11) is -2.58. The SMILES string of the molecule is Cc1cc(-c2cccc(C)c2C#CCO[PH](=O)CC(O)CC(=O)O)cc(C)c1F. The lowest BCUT2D eigenvalue weighted by molar-refractivity contribution is -0.138. The number of carboxylic acids is 1. The second-order valence-electron chi connectivity index (χ2n) is 6.84. The zero-order valence-electron chi connectivity index (χ0n) is 16.6. The van der Waals surface area contributed by atoms with Gasteiger partial charge in [-0.3, -0.25) is 9.36 Å². The van der Waals surface area contributed by atoms with E-state index in [2.05, 4.69) is 11.8 Å². The molecule has 2 aromatic rings. The van der Waals surface area contributed by atoms with Gasteiger partial charge in [0.15, 0.2) is 8.03 Å². The van der Waals surface area contributed by atoms with Crippen molar-refractivity contribution in [1.82, 2.24) is 0 Å². The molecule has 0 radical (unpaired) electrons. The number of carbonyl (C=O) groups is 1. The molecule has 154 valence electrons. The van der Waals surface area contributed by atoms with Gasteiger partial charge < -0.3 is 14.7 Å². The minimum Gasteiger partial charge on any atom is -0.481 e. The van der Waals surface area contributed by atoms with Crippen LogP contribution in [0.15, 0.2) is 30.3 Å². The third kappa shape index (κ3) is 6.54. The third-order valence-electron chi connectivity index (χ3n) is 4.35. The van der Waals surface area contributed by atoms with Crippen LogP contribution in [0.25, 0.3) is 11.1 Å². The van der Waals surface area contributed by atoms with Crippen molar-refractivity contribution < 1.29 is 28.5 Å². The van der Waals surface area contributed by atoms with E-state index < -0.39 is 26.5 Å². The van der Waals surface area contributed by atoms with E-state index in [4.69, 9.17) is 9.63 Å². The van der Waals surface area contributed by atoms with Crippen molar-refractivity contribution in [3.8, 4) is 23.0 Å². The summed E-state index contributed by atoms with van der Waals surface area (Å²) in [5.74, 6) is 4.46. The Morgan fingerprint density at radius 2 is 1.86 bits per heavy atom. The summed E-state index contributed by atoms with van der Waals surface area (Å²) < 4.78 is 30.9. The highest BCUT2D eigenvalue weighted by molar-refractivity contribution is 7.39. The fraction of sp³-hybridized carbons (Fsp3) is 0.318. The van der Waals surface area contributed by atoms with Gasteiger partial charge in [0.25, 0.3) is 0 Å². The molecule has 2 rings (SSSR count). The largest absolute Gasteiger partial charge is 0.481 e. The van der Waals surface area contributed by atoms with E-state index in [0.717, 1.165) is 22.3 Å². The highest BCUT2D eigenvalue weighted by atomic mass is 31.1. The minimum absolute atomic E-state index is 0.104. The van der Waals surface area contributed by atoms with Crippen LogP contribution in [0.3, 0.4) is 0 Å². The Morgan fingerprint density at radius 1 is 1.21 bits per heavy atom. The fourth-order valence-electron chi connectivity index (χ4n) is 2.94. The molecule has 0 saturated carbocycles. The van der Waals surface area contributed by atoms with Crippen molar-refractivity contribution in [2.75, 3.05) is 12.8 Å². The van der Waals surface area contributed by atoms with Gasteiger partial charge in [0.1, 0.15) is 12.4 Å². The molecule has 2 aromatic carbocycles. The van der Waals surface area contributed by atoms with Crippen molar-refractivity contribution in [3.05, 3.63) is 58.4 Å². The van der Waals surface area contributed by atoms with Crippen molar-refractivity contribution in [2.45, 2.75) is 33.3 Å². The number of aliphatic hydroxyl groups excluding tert-OH is 1. The molecule has 0 aliphatic rings. The second kappa shape index (κ2) is 10.4. The van der Waals surface area contributed by atoms with Gasteiger partial charge in [0, 0.05) is 11.7 Å². The maximum Gasteiger partial charge on any atom is 0.305 e. The molecule has 29 heavy (non-hydrogen) atoms. The van der Waals surface area contributed by atoms with Gasteiger partial charge in [-0.05, 0) is 60.7 Å². The van der Waals surface area contributed by atoms with Crippen LogP contribution in [0.5, 0.6) is 0 Å². The molecule has 0 heterocycles. The normalized spacial score (nSPS) is 12.7. The predicted octanol–water partition coefficient (Wildman–Crippen LogP) is 4.10. The van der Waals surface area contributed by atoms with Crippen molar-refractivity contribution in [3.63, 3.8) is 0 Å². The lowest BCUT2D eigenvalue weighted by Crippen LogP contribution is -2.15. The summed E-state index contributed by atoms with van der Waals surface area (Å²) in [6.07, 6.45) is -1.91. The fourth-order valence-corrected chi connectivity index (χ4v) is 3.82. The standard InChI is InChI=1S/C22H24FO5P/c1-14-6-4-7-20(17-10-15(2)22(23)16(3)11-17)19(14)8-5-9-28-29(27)13-18(24)12-21(25)26/h4,6-7,10-11,18,24,29H,9,12-13H2,1-3H3,(H,25,26). The van der Waals surface area contributed by atoms with E-state index in [1.54, 1.807) is 26.0 Å². The zero-order chi connectivity index (χ0) is 21.6. The van der Waals surface area contributed by atoms with E-state index in [0.29, 0.717) is 11.1 Å². The number of hydrogen-bond acceptors (Lipinski definition) is 4. The molecule has 5 nitrogen and oxygen atoms in total. The lowest BCUT2D eigenvalue weighted by Gasteiger charge is -2.11. The Hall–Kier alpha value is -2.45. The molecule has 0 spiro atoms. The quantitative estimate of drug-likeness (QED) is 0.523. The minimum atomic E-state index is -2.58. The van der Waals surface area contributed by atoms with Crippen LogP contribution in [0, 0.1) is 38.4 Å². The summed E-state index contributed by atoms with van der Waals surface area (Å²) in [6, 6.07) is 9.30. The van der Waals surface area contributed by atoms with Gasteiger partial charge in [-0.15, -0.1) is 0 Å². The molecule has 2 unspecified atom stereocenters. The molecule has 0 aromatic heterocycles. The Balaban J connectivity index is 2.15. The molecular weight excluding hydrogens is 394 g/mol. The molecule has 7 heteroatoms. The number of rotatable bonds is 7. The second-order valence-corrected chi connectivity index (χ2v) is 8.28. The Kier molecular flexibility index (Phi) is 8.16. The molecular formula is C22H24FO5P. The average Bonchev–Trinajstić information content (AvgIpc) is 2.63. The molecule has 0 aliphatic heterocycles. The van der Waals surface area contributed by atoms with E-state index in [9.17, 15) is 18.9 Å². The number of hydrogen-bond donors (Lipinski definition) is 2. The first kappa shape index (κ1) is 22.8. The van der Waals surface area contributed by atoms with Crippen LogP contribution in [-0.2, 0) is 13.9 Å². The first-order valence-electron chi connectivity index (χ1n) is 9.10. The first-order valence-corrected chi connectivity index (χ1v) is 10.6. The van der Waals surface area contributed by atoms with Crippen LogP contribution in [0.2, 0.25) is 0 Å². The zero-order valence-corrected chi connectivity index (χ0v) is 17.6. The molecule has 2 N–H and O–H groups in total. The lowest BCUT2D eigenvalue weighted by atomic mass is 9.94. The smallest absolute Gasteiger partial charge is 0.305 e. The van der Waals surface area contributed by atoms with Crippen LogP contribution in [0.1, 0.15) is 28.7 Å². The van der Waals surface area contributed by atoms with Gasteiger partial charge in [0.05, 0.1) is 12.5 Å². The summed E-state index contributed by atoms with van der Waals surface area (Å²) in [4.78, 5) is 10.5. The maximum atomic E-state index is 14.0. The topological polar surface area (TPSA) is 83.8 Å². The first-order chi connectivity index (χ1) is 13.7. The van der Waals surface area contributed by atoms with E-state index in [-0.39, 0.29) is 18.6 Å². The van der Waals surface area contributed by atoms with Gasteiger partial charge >= 0.3 is 5.97 Å². The van der Waals surface area contributed by atoms with E-state index >= 15 is 0 Å². The molecule has 0 amide bonds. The van der Waals surface area contributed by atoms with Crippen LogP contribution >= 0.6 is 8.03 Å². The molecule has 0 fully saturated rings. The maximum absolute atomic E-state index is 14.0. The highest BCUT2D eigenvalue weighted by Crippen LogP contribution is 2.29. The number of aliphatic carboxylic acids is 1. The average molecular weight is 418 g/mol. The molecule has 0 bridgehead atoms. The third-order valence-corrected chi connectivity index (χ3v) is 5.62. The molecule has 0 saturated heterocycles. The number of carboxylic acid groups (broad SMARTS) is 1. The molecule has 0 aliphatic carbocycles. The number of aliphatic hydroxyl groups is 1. The monoisotopic (exact) mass is 418 g/mol. The van der Waals surface area contributed by atoms with Gasteiger partial charge in [-0.2, -0.15) is 0 Å². The van der Waals surface area contributed by atoms with Crippen LogP contribution in [-0.4, -0.2) is 35.1 Å². The Morgan fingerprint density at radius 3 is 2.48 bits per heavy atom. The highest BCUT2D eigenvalue weighted by Gasteiger charge is 2.13. The summed E-state index contributed by atoms with van der Waals surface area (Å²) in [6.45, 7) is 5.25. The number of benzene rings is 2. The Bertz CT molecular complexity index is 967. The van der Waals surface area contributed by atoms with Gasteiger partial charge in [-0.25, -0.2) is 4.39 Å². The van der Waals surface area contributed by atoms with Crippen molar-refractivity contribution in [2.24, 2.45) is 0 Å². The predicted molar refractivity (Wildman–Crippen MR) is 111 cm³/mol. The number of aryl methyl sites for hydroxylation is 3. The summed E-state index contributed by atoms with van der Waals surface area (Å²) >= 11 is 0. The van der Waals surface area contributed by atoms with Gasteiger partial charge in [-0.1, -0.05) is 30.0 Å². The van der Waals surface area contributed by atoms with Crippen molar-refractivity contribution in [1.29, 1.82) is 0 Å². The molecule has 2 atom stereocenters. The van der Waals surface area contributed by atoms with E-state index in [1.807, 2.05) is 25.1 Å². The van der Waals surface area contributed by atoms with Crippen LogP contribution in [0.4, 0.5) is 4.39 Å². The van der Waals surface area contributed by atoms with Crippen molar-refractivity contribution >= 4 is 14.0 Å². The van der Waals surface area contributed by atoms with E-state index in [1.165, 1.54) is 0 Å². The Labute approximate surface area is 170 Å². The summed E-state index contributed by atoms with van der Waals surface area (Å²) in [5, 5.41) is 18.1.